The number of aromatic nitrogens is 2. The third-order valence-electron chi connectivity index (χ3n) is 2.63. The minimum atomic E-state index is -1.07. The number of ether oxygens (including phenoxy) is 1. The first-order chi connectivity index (χ1) is 9.13. The highest BCUT2D eigenvalue weighted by molar-refractivity contribution is 5.93. The fourth-order valence-electron chi connectivity index (χ4n) is 1.78. The van der Waals surface area contributed by atoms with Gasteiger partial charge in [0.1, 0.15) is 5.82 Å². The Bertz CT molecular complexity index is 620. The van der Waals surface area contributed by atoms with Crippen molar-refractivity contribution in [2.45, 2.75) is 6.42 Å². The number of fused-ring (bicyclic) bond motifs is 1. The second-order valence-electron chi connectivity index (χ2n) is 3.81. The van der Waals surface area contributed by atoms with Crippen LogP contribution >= 0.6 is 0 Å². The molecular formula is C12H13N3O4. The Kier molecular flexibility index (Phi) is 3.65. The molecule has 0 aliphatic heterocycles. The van der Waals surface area contributed by atoms with Gasteiger partial charge in [-0.3, -0.25) is 0 Å². The Balaban J connectivity index is 2.23. The summed E-state index contributed by atoms with van der Waals surface area (Å²) >= 11 is 0. The summed E-state index contributed by atoms with van der Waals surface area (Å²) < 4.78 is 6.14. The van der Waals surface area contributed by atoms with Gasteiger partial charge in [-0.15, -0.1) is 0 Å². The Hall–Kier alpha value is -2.57. The number of carboxylic acid groups (broad SMARTS) is 1. The van der Waals surface area contributed by atoms with Gasteiger partial charge < -0.3 is 19.6 Å². The van der Waals surface area contributed by atoms with Crippen LogP contribution < -0.4 is 5.32 Å². The molecule has 2 aromatic rings. The van der Waals surface area contributed by atoms with Crippen LogP contribution in [-0.2, 0) is 11.2 Å². The normalized spacial score (nSPS) is 10.4. The lowest BCUT2D eigenvalue weighted by Gasteiger charge is -2.03. The van der Waals surface area contributed by atoms with Crippen LogP contribution in [0.5, 0.6) is 0 Å². The number of aromatic carboxylic acids is 1. The number of carbonyl (C=O) groups excluding carboxylic acids is 1. The lowest BCUT2D eigenvalue weighted by molar-refractivity contribution is 0.0693. The van der Waals surface area contributed by atoms with Crippen LogP contribution in [0.1, 0.15) is 16.3 Å². The number of rotatable bonds is 4. The molecule has 2 rings (SSSR count). The minimum absolute atomic E-state index is 0.00803. The van der Waals surface area contributed by atoms with Gasteiger partial charge in [-0.1, -0.05) is 6.07 Å². The van der Waals surface area contributed by atoms with Crippen LogP contribution in [-0.4, -0.2) is 40.2 Å². The van der Waals surface area contributed by atoms with Crippen molar-refractivity contribution in [3.63, 3.8) is 0 Å². The average Bonchev–Trinajstić information content (AvgIpc) is 2.78. The summed E-state index contributed by atoms with van der Waals surface area (Å²) in [4.78, 5) is 26.1. The van der Waals surface area contributed by atoms with E-state index < -0.39 is 12.1 Å². The first kappa shape index (κ1) is 12.9. The Labute approximate surface area is 108 Å². The maximum atomic E-state index is 11.1. The van der Waals surface area contributed by atoms with E-state index in [1.54, 1.807) is 28.8 Å². The van der Waals surface area contributed by atoms with Gasteiger partial charge in [-0.2, -0.15) is 0 Å². The summed E-state index contributed by atoms with van der Waals surface area (Å²) in [7, 11) is 1.28. The van der Waals surface area contributed by atoms with E-state index in [1.807, 2.05) is 0 Å². The van der Waals surface area contributed by atoms with Gasteiger partial charge in [0.2, 0.25) is 0 Å². The number of carboxylic acids is 1. The van der Waals surface area contributed by atoms with Crippen molar-refractivity contribution in [2.75, 3.05) is 13.7 Å². The number of pyridine rings is 1. The molecule has 2 aromatic heterocycles. The molecule has 0 fully saturated rings. The fraction of sp³-hybridized carbons (Fsp3) is 0.250. The predicted molar refractivity (Wildman–Crippen MR) is 66.3 cm³/mol. The van der Waals surface area contributed by atoms with E-state index in [0.717, 1.165) is 0 Å². The fourth-order valence-corrected chi connectivity index (χ4v) is 1.78. The molecule has 0 aromatic carbocycles. The number of carbonyl (C=O) groups is 2. The summed E-state index contributed by atoms with van der Waals surface area (Å²) in [6.07, 6.45) is 1.62. The zero-order valence-corrected chi connectivity index (χ0v) is 10.3. The highest BCUT2D eigenvalue weighted by Gasteiger charge is 2.15. The standard InChI is InChI=1S/C12H13N3O4/c1-19-12(18)13-6-5-9-14-10(11(16)17)8-4-2-3-7-15(8)9/h2-4,7H,5-6H2,1H3,(H,13,18)(H,16,17). The van der Waals surface area contributed by atoms with Crippen molar-refractivity contribution in [1.82, 2.24) is 14.7 Å². The molecule has 0 unspecified atom stereocenters. The van der Waals surface area contributed by atoms with Gasteiger partial charge in [-0.25, -0.2) is 14.6 Å². The molecule has 0 saturated carbocycles. The van der Waals surface area contributed by atoms with Gasteiger partial charge in [0, 0.05) is 19.2 Å². The predicted octanol–water partition coefficient (Wildman–Crippen LogP) is 0.931. The maximum Gasteiger partial charge on any atom is 0.406 e. The zero-order chi connectivity index (χ0) is 13.8. The Morgan fingerprint density at radius 2 is 2.26 bits per heavy atom. The number of hydrogen-bond acceptors (Lipinski definition) is 4. The van der Waals surface area contributed by atoms with E-state index in [9.17, 15) is 9.59 Å². The number of amides is 1. The van der Waals surface area contributed by atoms with Gasteiger partial charge in [0.05, 0.1) is 12.6 Å². The largest absolute Gasteiger partial charge is 0.476 e. The lowest BCUT2D eigenvalue weighted by atomic mass is 10.3. The van der Waals surface area contributed by atoms with Gasteiger partial charge in [0.25, 0.3) is 0 Å². The summed E-state index contributed by atoms with van der Waals surface area (Å²) in [5.41, 5.74) is 0.539. The molecule has 19 heavy (non-hydrogen) atoms. The molecule has 0 radical (unpaired) electrons. The number of nitrogens with zero attached hydrogens (tertiary/aromatic N) is 2. The molecule has 2 heterocycles. The van der Waals surface area contributed by atoms with E-state index in [-0.39, 0.29) is 5.69 Å². The summed E-state index contributed by atoms with van der Waals surface area (Å²) in [5, 5.41) is 11.6. The Morgan fingerprint density at radius 1 is 1.47 bits per heavy atom. The number of hydrogen-bond donors (Lipinski definition) is 2. The summed E-state index contributed by atoms with van der Waals surface area (Å²) in [6.45, 7) is 0.319. The lowest BCUT2D eigenvalue weighted by Crippen LogP contribution is -2.25. The third-order valence-corrected chi connectivity index (χ3v) is 2.63. The molecular weight excluding hydrogens is 250 g/mol. The molecule has 7 nitrogen and oxygen atoms in total. The van der Waals surface area contributed by atoms with Gasteiger partial charge in [-0.05, 0) is 12.1 Å². The van der Waals surface area contributed by atoms with E-state index in [0.29, 0.717) is 24.3 Å². The molecule has 0 atom stereocenters. The second kappa shape index (κ2) is 5.38. The third kappa shape index (κ3) is 2.65. The molecule has 0 aliphatic rings. The smallest absolute Gasteiger partial charge is 0.406 e. The van der Waals surface area contributed by atoms with Crippen molar-refractivity contribution in [3.05, 3.63) is 35.9 Å². The van der Waals surface area contributed by atoms with Crippen LogP contribution in [0, 0.1) is 0 Å². The maximum absolute atomic E-state index is 11.1. The van der Waals surface area contributed by atoms with Crippen molar-refractivity contribution in [3.8, 4) is 0 Å². The van der Waals surface area contributed by atoms with Gasteiger partial charge in [0.15, 0.2) is 5.69 Å². The highest BCUT2D eigenvalue weighted by Crippen LogP contribution is 2.13. The zero-order valence-electron chi connectivity index (χ0n) is 10.3. The Morgan fingerprint density at radius 3 is 2.95 bits per heavy atom. The van der Waals surface area contributed by atoms with E-state index >= 15 is 0 Å². The molecule has 7 heteroatoms. The molecule has 0 aliphatic carbocycles. The molecule has 0 bridgehead atoms. The molecule has 2 N–H and O–H groups in total. The van der Waals surface area contributed by atoms with Crippen molar-refractivity contribution in [2.24, 2.45) is 0 Å². The first-order valence-electron chi connectivity index (χ1n) is 5.64. The summed E-state index contributed by atoms with van der Waals surface area (Å²) in [6, 6.07) is 5.23. The number of alkyl carbamates (subject to hydrolysis) is 1. The number of nitrogens with one attached hydrogen (secondary N) is 1. The number of methoxy groups -OCH3 is 1. The van der Waals surface area contributed by atoms with E-state index in [1.165, 1.54) is 7.11 Å². The number of imidazole rings is 1. The van der Waals surface area contributed by atoms with Crippen LogP contribution in [0.25, 0.3) is 5.52 Å². The summed E-state index contributed by atoms with van der Waals surface area (Å²) in [5.74, 6) is -0.500. The topological polar surface area (TPSA) is 92.9 Å². The molecule has 1 amide bonds. The van der Waals surface area contributed by atoms with Crippen molar-refractivity contribution >= 4 is 17.6 Å². The van der Waals surface area contributed by atoms with Crippen LogP contribution in [0.2, 0.25) is 0 Å². The quantitative estimate of drug-likeness (QED) is 0.856. The van der Waals surface area contributed by atoms with E-state index in [4.69, 9.17) is 5.11 Å². The monoisotopic (exact) mass is 263 g/mol. The van der Waals surface area contributed by atoms with Crippen LogP contribution in [0.15, 0.2) is 24.4 Å². The average molecular weight is 263 g/mol. The molecule has 0 spiro atoms. The second-order valence-corrected chi connectivity index (χ2v) is 3.81. The van der Waals surface area contributed by atoms with Crippen molar-refractivity contribution in [1.29, 1.82) is 0 Å². The SMILES string of the molecule is COC(=O)NCCc1nc(C(=O)O)c2ccccn12. The van der Waals surface area contributed by atoms with Crippen LogP contribution in [0.3, 0.4) is 0 Å². The first-order valence-corrected chi connectivity index (χ1v) is 5.64. The molecule has 0 saturated heterocycles. The van der Waals surface area contributed by atoms with E-state index in [2.05, 4.69) is 15.0 Å². The van der Waals surface area contributed by atoms with Gasteiger partial charge >= 0.3 is 12.1 Å². The van der Waals surface area contributed by atoms with Crippen molar-refractivity contribution < 1.29 is 19.4 Å². The minimum Gasteiger partial charge on any atom is -0.476 e. The van der Waals surface area contributed by atoms with Crippen LogP contribution in [0.4, 0.5) is 4.79 Å². The molecule has 100 valence electrons. The highest BCUT2D eigenvalue weighted by atomic mass is 16.5.